The number of hydrogen-bond donors (Lipinski definition) is 1. The van der Waals surface area contributed by atoms with Crippen LogP contribution in [0.2, 0.25) is 0 Å². The predicted molar refractivity (Wildman–Crippen MR) is 64.1 cm³/mol. The standard InChI is InChI=1S/C12H18N4/c1-12(2,3)9-13-8-11-15-14-10-6-4-5-7-16(10)11/h4-7,13H,8-9H2,1-3H3. The first-order valence-corrected chi connectivity index (χ1v) is 5.56. The lowest BCUT2D eigenvalue weighted by Gasteiger charge is -2.18. The van der Waals surface area contributed by atoms with Gasteiger partial charge in [0.05, 0.1) is 6.54 Å². The Hall–Kier alpha value is -1.42. The molecule has 0 amide bonds. The molecule has 0 bridgehead atoms. The van der Waals surface area contributed by atoms with E-state index in [4.69, 9.17) is 0 Å². The maximum absolute atomic E-state index is 4.17. The average molecular weight is 218 g/mol. The molecular weight excluding hydrogens is 200 g/mol. The largest absolute Gasteiger partial charge is 0.309 e. The lowest BCUT2D eigenvalue weighted by atomic mass is 9.97. The zero-order chi connectivity index (χ0) is 11.6. The summed E-state index contributed by atoms with van der Waals surface area (Å²) in [6.45, 7) is 8.35. The quantitative estimate of drug-likeness (QED) is 0.855. The van der Waals surface area contributed by atoms with Crippen molar-refractivity contribution in [1.82, 2.24) is 19.9 Å². The zero-order valence-corrected chi connectivity index (χ0v) is 10.1. The smallest absolute Gasteiger partial charge is 0.160 e. The molecule has 0 saturated heterocycles. The van der Waals surface area contributed by atoms with Crippen molar-refractivity contribution in [1.29, 1.82) is 0 Å². The van der Waals surface area contributed by atoms with Crippen molar-refractivity contribution < 1.29 is 0 Å². The van der Waals surface area contributed by atoms with Crippen molar-refractivity contribution in [3.05, 3.63) is 30.2 Å². The Morgan fingerprint density at radius 3 is 2.81 bits per heavy atom. The monoisotopic (exact) mass is 218 g/mol. The molecule has 0 radical (unpaired) electrons. The number of nitrogens with one attached hydrogen (secondary N) is 1. The summed E-state index contributed by atoms with van der Waals surface area (Å²) in [7, 11) is 0. The SMILES string of the molecule is CC(C)(C)CNCc1nnc2ccccn12. The van der Waals surface area contributed by atoms with E-state index in [1.54, 1.807) is 0 Å². The molecule has 1 N–H and O–H groups in total. The van der Waals surface area contributed by atoms with Crippen molar-refractivity contribution in [2.75, 3.05) is 6.54 Å². The third kappa shape index (κ3) is 2.58. The summed E-state index contributed by atoms with van der Waals surface area (Å²) in [5.41, 5.74) is 1.19. The third-order valence-corrected chi connectivity index (χ3v) is 2.32. The highest BCUT2D eigenvalue weighted by atomic mass is 15.3. The molecule has 0 aliphatic rings. The molecule has 0 unspecified atom stereocenters. The molecule has 4 heteroatoms. The molecule has 0 saturated carbocycles. The zero-order valence-electron chi connectivity index (χ0n) is 10.1. The van der Waals surface area contributed by atoms with E-state index in [-0.39, 0.29) is 0 Å². The summed E-state index contributed by atoms with van der Waals surface area (Å²) in [4.78, 5) is 0. The Morgan fingerprint density at radius 1 is 1.25 bits per heavy atom. The maximum atomic E-state index is 4.17. The first-order valence-electron chi connectivity index (χ1n) is 5.56. The van der Waals surface area contributed by atoms with Crippen LogP contribution in [0.25, 0.3) is 5.65 Å². The minimum atomic E-state index is 0.292. The average Bonchev–Trinajstić information content (AvgIpc) is 2.60. The van der Waals surface area contributed by atoms with Gasteiger partial charge < -0.3 is 5.32 Å². The minimum Gasteiger partial charge on any atom is -0.309 e. The van der Waals surface area contributed by atoms with Crippen LogP contribution in [-0.4, -0.2) is 21.1 Å². The number of aromatic nitrogens is 3. The molecule has 0 atom stereocenters. The van der Waals surface area contributed by atoms with Gasteiger partial charge in [0.15, 0.2) is 11.5 Å². The topological polar surface area (TPSA) is 42.2 Å². The van der Waals surface area contributed by atoms with Gasteiger partial charge in [0.2, 0.25) is 0 Å². The Morgan fingerprint density at radius 2 is 2.06 bits per heavy atom. The summed E-state index contributed by atoms with van der Waals surface area (Å²) < 4.78 is 2.01. The molecule has 0 spiro atoms. The normalized spacial score (nSPS) is 12.2. The summed E-state index contributed by atoms with van der Waals surface area (Å²) in [5.74, 6) is 0.958. The lowest BCUT2D eigenvalue weighted by Crippen LogP contribution is -2.27. The first kappa shape index (κ1) is 11.1. The van der Waals surface area contributed by atoms with E-state index in [2.05, 4.69) is 36.3 Å². The molecule has 0 fully saturated rings. The van der Waals surface area contributed by atoms with Crippen LogP contribution >= 0.6 is 0 Å². The van der Waals surface area contributed by atoms with Crippen molar-refractivity contribution in [3.8, 4) is 0 Å². The van der Waals surface area contributed by atoms with Gasteiger partial charge in [0.1, 0.15) is 0 Å². The van der Waals surface area contributed by atoms with E-state index in [9.17, 15) is 0 Å². The fraction of sp³-hybridized carbons (Fsp3) is 0.500. The van der Waals surface area contributed by atoms with Gasteiger partial charge in [0.25, 0.3) is 0 Å². The van der Waals surface area contributed by atoms with E-state index in [0.717, 1.165) is 24.6 Å². The van der Waals surface area contributed by atoms with Crippen molar-refractivity contribution in [2.24, 2.45) is 5.41 Å². The third-order valence-electron chi connectivity index (χ3n) is 2.32. The second-order valence-corrected chi connectivity index (χ2v) is 5.21. The van der Waals surface area contributed by atoms with Crippen LogP contribution in [0.5, 0.6) is 0 Å². The molecule has 2 rings (SSSR count). The Bertz CT molecular complexity index is 467. The lowest BCUT2D eigenvalue weighted by molar-refractivity contribution is 0.376. The Kier molecular flexibility index (Phi) is 2.92. The number of rotatable bonds is 3. The molecule has 0 aliphatic carbocycles. The van der Waals surface area contributed by atoms with Crippen molar-refractivity contribution >= 4 is 5.65 Å². The highest BCUT2D eigenvalue weighted by Gasteiger charge is 2.10. The molecular formula is C12H18N4. The Labute approximate surface area is 95.7 Å². The van der Waals surface area contributed by atoms with E-state index >= 15 is 0 Å². The van der Waals surface area contributed by atoms with E-state index in [0.29, 0.717) is 5.41 Å². The number of fused-ring (bicyclic) bond motifs is 1. The van der Waals surface area contributed by atoms with E-state index in [1.165, 1.54) is 0 Å². The highest BCUT2D eigenvalue weighted by molar-refractivity contribution is 5.36. The molecule has 2 heterocycles. The van der Waals surface area contributed by atoms with Gasteiger partial charge in [-0.1, -0.05) is 26.8 Å². The van der Waals surface area contributed by atoms with Gasteiger partial charge in [-0.05, 0) is 17.5 Å². The van der Waals surface area contributed by atoms with Crippen LogP contribution < -0.4 is 5.32 Å². The molecule has 2 aromatic heterocycles. The van der Waals surface area contributed by atoms with Gasteiger partial charge >= 0.3 is 0 Å². The van der Waals surface area contributed by atoms with Crippen LogP contribution in [0.4, 0.5) is 0 Å². The van der Waals surface area contributed by atoms with Crippen molar-refractivity contribution in [2.45, 2.75) is 27.3 Å². The van der Waals surface area contributed by atoms with Crippen LogP contribution in [0.3, 0.4) is 0 Å². The molecule has 16 heavy (non-hydrogen) atoms. The van der Waals surface area contributed by atoms with Crippen molar-refractivity contribution in [3.63, 3.8) is 0 Å². The molecule has 0 aromatic carbocycles. The summed E-state index contributed by atoms with van der Waals surface area (Å²) in [6, 6.07) is 5.92. The second-order valence-electron chi connectivity index (χ2n) is 5.21. The van der Waals surface area contributed by atoms with Gasteiger partial charge in [-0.15, -0.1) is 10.2 Å². The van der Waals surface area contributed by atoms with Gasteiger partial charge in [-0.3, -0.25) is 4.40 Å². The first-order chi connectivity index (χ1) is 7.56. The van der Waals surface area contributed by atoms with Crippen LogP contribution in [0, 0.1) is 5.41 Å². The minimum absolute atomic E-state index is 0.292. The molecule has 2 aromatic rings. The maximum Gasteiger partial charge on any atom is 0.160 e. The number of nitrogens with zero attached hydrogens (tertiary/aromatic N) is 3. The van der Waals surface area contributed by atoms with Crippen LogP contribution in [0.1, 0.15) is 26.6 Å². The van der Waals surface area contributed by atoms with Gasteiger partial charge in [-0.25, -0.2) is 0 Å². The van der Waals surface area contributed by atoms with E-state index < -0.39 is 0 Å². The molecule has 4 nitrogen and oxygen atoms in total. The second kappa shape index (κ2) is 4.22. The van der Waals surface area contributed by atoms with Crippen LogP contribution in [-0.2, 0) is 6.54 Å². The summed E-state index contributed by atoms with van der Waals surface area (Å²) in [6.07, 6.45) is 1.99. The van der Waals surface area contributed by atoms with Gasteiger partial charge in [0, 0.05) is 12.7 Å². The highest BCUT2D eigenvalue weighted by Crippen LogP contribution is 2.10. The summed E-state index contributed by atoms with van der Waals surface area (Å²) in [5, 5.41) is 11.7. The molecule has 0 aliphatic heterocycles. The fourth-order valence-corrected chi connectivity index (χ4v) is 1.56. The predicted octanol–water partition coefficient (Wildman–Crippen LogP) is 1.86. The number of pyridine rings is 1. The molecule has 86 valence electrons. The fourth-order valence-electron chi connectivity index (χ4n) is 1.56. The van der Waals surface area contributed by atoms with Gasteiger partial charge in [-0.2, -0.15) is 0 Å². The van der Waals surface area contributed by atoms with Crippen LogP contribution in [0.15, 0.2) is 24.4 Å². The summed E-state index contributed by atoms with van der Waals surface area (Å²) >= 11 is 0. The Balaban J connectivity index is 2.05. The number of hydrogen-bond acceptors (Lipinski definition) is 3. The van der Waals surface area contributed by atoms with E-state index in [1.807, 2.05) is 28.8 Å².